The van der Waals surface area contributed by atoms with E-state index in [-0.39, 0.29) is 0 Å². The van der Waals surface area contributed by atoms with Crippen molar-refractivity contribution >= 4 is 59.3 Å². The fraction of sp³-hybridized carbons (Fsp3) is 0. The highest BCUT2D eigenvalue weighted by Crippen LogP contribution is 2.42. The molecule has 0 radical (unpaired) electrons. The van der Waals surface area contributed by atoms with E-state index >= 15 is 0 Å². The molecule has 1 heterocycles. The van der Waals surface area contributed by atoms with Crippen LogP contribution in [0.25, 0.3) is 75.5 Å². The average Bonchev–Trinajstić information content (AvgIpc) is 3.62. The number of benzene rings is 9. The second kappa shape index (κ2) is 13.7. The van der Waals surface area contributed by atoms with Crippen molar-refractivity contribution in [2.24, 2.45) is 0 Å². The van der Waals surface area contributed by atoms with Gasteiger partial charge in [0, 0.05) is 37.2 Å². The Bertz CT molecular complexity index is 2870. The van der Waals surface area contributed by atoms with Crippen LogP contribution < -0.4 is 4.90 Å². The molecule has 54 heavy (non-hydrogen) atoms. The van der Waals surface area contributed by atoms with Gasteiger partial charge in [0.25, 0.3) is 0 Å². The van der Waals surface area contributed by atoms with Crippen LogP contribution in [-0.4, -0.2) is 0 Å². The molecule has 0 saturated heterocycles. The molecule has 0 N–H and O–H groups in total. The van der Waals surface area contributed by atoms with Gasteiger partial charge in [-0.2, -0.15) is 0 Å². The molecule has 0 unspecified atom stereocenters. The zero-order valence-electron chi connectivity index (χ0n) is 29.6. The normalized spacial score (nSPS) is 11.3. The molecule has 0 fully saturated rings. The fourth-order valence-corrected chi connectivity index (χ4v) is 8.77. The predicted octanol–water partition coefficient (Wildman–Crippen LogP) is 15.3. The average molecular weight is 706 g/mol. The lowest BCUT2D eigenvalue weighted by Gasteiger charge is -2.26. The first-order valence-corrected chi connectivity index (χ1v) is 19.2. The molecule has 9 aromatic carbocycles. The minimum Gasteiger partial charge on any atom is -0.310 e. The highest BCUT2D eigenvalue weighted by atomic mass is 32.1. The van der Waals surface area contributed by atoms with Crippen LogP contribution in [-0.2, 0) is 0 Å². The molecular weight excluding hydrogens is 671 g/mol. The lowest BCUT2D eigenvalue weighted by Crippen LogP contribution is -2.10. The minimum atomic E-state index is 1.11. The largest absolute Gasteiger partial charge is 0.310 e. The fourth-order valence-electron chi connectivity index (χ4n) is 7.69. The number of hydrogen-bond donors (Lipinski definition) is 0. The van der Waals surface area contributed by atoms with Gasteiger partial charge in [-0.15, -0.1) is 11.3 Å². The maximum atomic E-state index is 2.40. The Morgan fingerprint density at radius 3 is 1.50 bits per heavy atom. The second-order valence-corrected chi connectivity index (χ2v) is 14.9. The molecule has 0 amide bonds. The molecule has 10 rings (SSSR count). The van der Waals surface area contributed by atoms with Crippen LogP contribution in [0, 0.1) is 0 Å². The standard InChI is InChI=1S/C52H35NS/c1-3-12-36(13-4-1)43-31-44(37-14-5-2-6-15-37)33-45(32-43)39-24-26-46(27-25-39)53(48-28-29-52-50(35-48)49-20-9-10-21-51(49)54-52)47-19-11-18-41(34-47)42-23-22-38-16-7-8-17-40(38)30-42/h1-35H. The van der Waals surface area contributed by atoms with Crippen molar-refractivity contribution in [2.75, 3.05) is 4.90 Å². The quantitative estimate of drug-likeness (QED) is 0.160. The molecule has 254 valence electrons. The molecule has 0 bridgehead atoms. The van der Waals surface area contributed by atoms with Gasteiger partial charge in [-0.25, -0.2) is 0 Å². The van der Waals surface area contributed by atoms with Crippen molar-refractivity contribution in [3.05, 3.63) is 212 Å². The smallest absolute Gasteiger partial charge is 0.0468 e. The Labute approximate surface area is 319 Å². The summed E-state index contributed by atoms with van der Waals surface area (Å²) in [7, 11) is 0. The topological polar surface area (TPSA) is 3.24 Å². The molecule has 10 aromatic rings. The summed E-state index contributed by atoms with van der Waals surface area (Å²) in [6.45, 7) is 0. The summed E-state index contributed by atoms with van der Waals surface area (Å²) >= 11 is 1.85. The van der Waals surface area contributed by atoms with Crippen LogP contribution in [0.5, 0.6) is 0 Å². The zero-order valence-corrected chi connectivity index (χ0v) is 30.4. The number of fused-ring (bicyclic) bond motifs is 4. The van der Waals surface area contributed by atoms with E-state index in [1.165, 1.54) is 75.5 Å². The second-order valence-electron chi connectivity index (χ2n) is 13.8. The first kappa shape index (κ1) is 32.0. The van der Waals surface area contributed by atoms with Crippen molar-refractivity contribution in [1.82, 2.24) is 0 Å². The van der Waals surface area contributed by atoms with Crippen LogP contribution >= 0.6 is 11.3 Å². The third-order valence-electron chi connectivity index (χ3n) is 10.4. The molecule has 0 aliphatic rings. The molecule has 0 aliphatic carbocycles. The van der Waals surface area contributed by atoms with Crippen molar-refractivity contribution in [2.45, 2.75) is 0 Å². The van der Waals surface area contributed by atoms with Crippen LogP contribution in [0.2, 0.25) is 0 Å². The maximum absolute atomic E-state index is 2.40. The number of hydrogen-bond acceptors (Lipinski definition) is 2. The molecule has 1 aromatic heterocycles. The van der Waals surface area contributed by atoms with Crippen molar-refractivity contribution in [1.29, 1.82) is 0 Å². The Kier molecular flexibility index (Phi) is 8.09. The molecule has 2 heteroatoms. The summed E-state index contributed by atoms with van der Waals surface area (Å²) in [6, 6.07) is 77.3. The van der Waals surface area contributed by atoms with Crippen LogP contribution in [0.3, 0.4) is 0 Å². The van der Waals surface area contributed by atoms with E-state index in [1.54, 1.807) is 0 Å². The van der Waals surface area contributed by atoms with Gasteiger partial charge in [-0.05, 0) is 128 Å². The van der Waals surface area contributed by atoms with Crippen LogP contribution in [0.4, 0.5) is 17.1 Å². The van der Waals surface area contributed by atoms with E-state index < -0.39 is 0 Å². The van der Waals surface area contributed by atoms with Crippen molar-refractivity contribution in [3.8, 4) is 44.5 Å². The van der Waals surface area contributed by atoms with Gasteiger partial charge < -0.3 is 4.90 Å². The third-order valence-corrected chi connectivity index (χ3v) is 11.6. The maximum Gasteiger partial charge on any atom is 0.0468 e. The summed E-state index contributed by atoms with van der Waals surface area (Å²) in [5, 5.41) is 5.08. The molecule has 0 spiro atoms. The van der Waals surface area contributed by atoms with Gasteiger partial charge >= 0.3 is 0 Å². The summed E-state index contributed by atoms with van der Waals surface area (Å²) in [5.74, 6) is 0. The van der Waals surface area contributed by atoms with Gasteiger partial charge in [0.2, 0.25) is 0 Å². The number of anilines is 3. The monoisotopic (exact) mass is 705 g/mol. The van der Waals surface area contributed by atoms with E-state index in [0.29, 0.717) is 0 Å². The molecule has 0 atom stereocenters. The van der Waals surface area contributed by atoms with Crippen LogP contribution in [0.15, 0.2) is 212 Å². The number of rotatable bonds is 7. The Morgan fingerprint density at radius 1 is 0.259 bits per heavy atom. The molecule has 0 saturated carbocycles. The molecule has 1 nitrogen and oxygen atoms in total. The van der Waals surface area contributed by atoms with Gasteiger partial charge in [-0.1, -0.05) is 140 Å². The highest BCUT2D eigenvalue weighted by molar-refractivity contribution is 7.25. The molecular formula is C52H35NS. The van der Waals surface area contributed by atoms with Gasteiger partial charge in [0.15, 0.2) is 0 Å². The highest BCUT2D eigenvalue weighted by Gasteiger charge is 2.17. The number of thiophene rings is 1. The first-order valence-electron chi connectivity index (χ1n) is 18.4. The van der Waals surface area contributed by atoms with Gasteiger partial charge in [-0.3, -0.25) is 0 Å². The lowest BCUT2D eigenvalue weighted by molar-refractivity contribution is 1.29. The molecule has 0 aliphatic heterocycles. The van der Waals surface area contributed by atoms with E-state index in [1.807, 2.05) is 11.3 Å². The Morgan fingerprint density at radius 2 is 0.778 bits per heavy atom. The van der Waals surface area contributed by atoms with Crippen molar-refractivity contribution in [3.63, 3.8) is 0 Å². The summed E-state index contributed by atoms with van der Waals surface area (Å²) in [5.41, 5.74) is 13.0. The van der Waals surface area contributed by atoms with E-state index in [0.717, 1.165) is 17.1 Å². The van der Waals surface area contributed by atoms with E-state index in [2.05, 4.69) is 217 Å². The Hall–Kier alpha value is -6.74. The Balaban J connectivity index is 1.10. The lowest BCUT2D eigenvalue weighted by atomic mass is 9.93. The predicted molar refractivity (Wildman–Crippen MR) is 233 cm³/mol. The zero-order chi connectivity index (χ0) is 35.8. The van der Waals surface area contributed by atoms with Gasteiger partial charge in [0.05, 0.1) is 0 Å². The first-order chi connectivity index (χ1) is 26.7. The van der Waals surface area contributed by atoms with E-state index in [9.17, 15) is 0 Å². The third kappa shape index (κ3) is 6.03. The summed E-state index contributed by atoms with van der Waals surface area (Å²) < 4.78 is 2.61. The van der Waals surface area contributed by atoms with E-state index in [4.69, 9.17) is 0 Å². The van der Waals surface area contributed by atoms with Gasteiger partial charge in [0.1, 0.15) is 0 Å². The van der Waals surface area contributed by atoms with Crippen LogP contribution in [0.1, 0.15) is 0 Å². The minimum absolute atomic E-state index is 1.11. The summed E-state index contributed by atoms with van der Waals surface area (Å²) in [6.07, 6.45) is 0. The summed E-state index contributed by atoms with van der Waals surface area (Å²) in [4.78, 5) is 2.40. The SMILES string of the molecule is c1ccc(-c2cc(-c3ccccc3)cc(-c3ccc(N(c4cccc(-c5ccc6ccccc6c5)c4)c4ccc5sc6ccccc6c5c4)cc3)c2)cc1. The number of nitrogens with zero attached hydrogens (tertiary/aromatic N) is 1. The van der Waals surface area contributed by atoms with Crippen molar-refractivity contribution < 1.29 is 0 Å².